The molecule has 6 atom stereocenters. The summed E-state index contributed by atoms with van der Waals surface area (Å²) in [5, 5.41) is 0. The van der Waals surface area contributed by atoms with Crippen molar-refractivity contribution in [1.82, 2.24) is 0 Å². The van der Waals surface area contributed by atoms with Crippen molar-refractivity contribution in [1.29, 1.82) is 0 Å². The van der Waals surface area contributed by atoms with Gasteiger partial charge in [0.15, 0.2) is 0 Å². The summed E-state index contributed by atoms with van der Waals surface area (Å²) in [6.07, 6.45) is 1.47. The Morgan fingerprint density at radius 3 is 0.583 bits per heavy atom. The molecule has 144 valence electrons. The first kappa shape index (κ1) is 37.2. The van der Waals surface area contributed by atoms with Gasteiger partial charge in [0.25, 0.3) is 0 Å². The molecule has 6 unspecified atom stereocenters. The van der Waals surface area contributed by atoms with Crippen LogP contribution < -0.4 is 29.4 Å². The van der Waals surface area contributed by atoms with Crippen LogP contribution in [0, 0.1) is 31.1 Å². The first-order valence-corrected chi connectivity index (χ1v) is 12.2. The molecule has 0 saturated carbocycles. The first-order valence-electron chi connectivity index (χ1n) is 4.05. The SMILES string of the molecule is CCl.O=[PH]([O-])O[PH](=O)[O-].O=[PH]([O-])O[PH](=O)[O-].O=[PH]([O-])O[PH](=O)[O-].[U+6]. The van der Waals surface area contributed by atoms with Crippen molar-refractivity contribution in [3.05, 3.63) is 0 Å². The molecule has 0 aromatic carbocycles. The third kappa shape index (κ3) is 64.5. The molecule has 0 aliphatic rings. The zero-order chi connectivity index (χ0) is 19.6. The molecule has 0 N–H and O–H groups in total. The van der Waals surface area contributed by atoms with E-state index in [1.807, 2.05) is 0 Å². The summed E-state index contributed by atoms with van der Waals surface area (Å²) in [6.45, 7) is 0. The van der Waals surface area contributed by atoms with Crippen LogP contribution in [0.5, 0.6) is 0 Å². The smallest absolute Gasteiger partial charge is 0.781 e. The molecule has 0 heterocycles. The van der Waals surface area contributed by atoms with Gasteiger partial charge in [-0.2, -0.15) is 0 Å². The summed E-state index contributed by atoms with van der Waals surface area (Å²) in [6, 6.07) is 0. The van der Waals surface area contributed by atoms with Crippen molar-refractivity contribution < 1.29 is 101 Å². The predicted molar refractivity (Wildman–Crippen MR) is 69.0 cm³/mol. The molecule has 0 bridgehead atoms. The van der Waals surface area contributed by atoms with Crippen LogP contribution in [0.1, 0.15) is 0 Å². The molecule has 0 amide bonds. The predicted octanol–water partition coefficient (Wildman–Crippen LogP) is -3.64. The van der Waals surface area contributed by atoms with Crippen LogP contribution in [0.25, 0.3) is 0 Å². The second kappa shape index (κ2) is 27.6. The van der Waals surface area contributed by atoms with Gasteiger partial charge in [0, 0.05) is 6.38 Å². The first-order chi connectivity index (χ1) is 10.4. The van der Waals surface area contributed by atoms with E-state index in [9.17, 15) is 56.8 Å². The average molecular weight is 720 g/mol. The fourth-order valence-electron chi connectivity index (χ4n) is 0.204. The number of hydrogen-bond donors (Lipinski definition) is 0. The van der Waals surface area contributed by atoms with Gasteiger partial charge in [-0.25, -0.2) is 0 Å². The van der Waals surface area contributed by atoms with E-state index >= 15 is 0 Å². The van der Waals surface area contributed by atoms with E-state index in [2.05, 4.69) is 24.5 Å². The Morgan fingerprint density at radius 2 is 0.583 bits per heavy atom. The number of halogens is 1. The molecule has 0 saturated heterocycles. The molecule has 0 aromatic rings. The molecule has 23 heteroatoms. The molecule has 0 radical (unpaired) electrons. The van der Waals surface area contributed by atoms with E-state index < -0.39 is 49.5 Å². The Kier molecular flexibility index (Phi) is 42.7. The van der Waals surface area contributed by atoms with E-state index in [0.29, 0.717) is 0 Å². The average Bonchev–Trinajstić information content (AvgIpc) is 2.26. The molecule has 0 fully saturated rings. The van der Waals surface area contributed by atoms with Crippen LogP contribution in [-0.4, -0.2) is 6.38 Å². The maximum atomic E-state index is 9.29. The summed E-state index contributed by atoms with van der Waals surface area (Å²) in [7, 11) is -21.1. The summed E-state index contributed by atoms with van der Waals surface area (Å²) in [4.78, 5) is 55.7. The maximum absolute atomic E-state index is 9.29. The minimum absolute atomic E-state index is 0. The van der Waals surface area contributed by atoms with Gasteiger partial charge in [-0.1, -0.05) is 0 Å². The normalized spacial score (nSPS) is 16.5. The molecule has 0 aliphatic heterocycles. The minimum atomic E-state index is -3.51. The standard InChI is InChI=1S/CH3Cl.3H4O5P2.U/c1-2;3*1-6(2)5-7(3)4;/h1H3;3*6-7H,(H,1,2)(H,3,4);/q;;;;+6/p-6. The molecule has 0 rings (SSSR count). The summed E-state index contributed by atoms with van der Waals surface area (Å²) in [5.41, 5.74) is 0. The van der Waals surface area contributed by atoms with E-state index in [0.717, 1.165) is 0 Å². The topological polar surface area (TPSA) is 268 Å². The van der Waals surface area contributed by atoms with Crippen LogP contribution in [0.4, 0.5) is 0 Å². The Hall–Kier alpha value is 2.36. The van der Waals surface area contributed by atoms with Gasteiger partial charge in [0.1, 0.15) is 49.5 Å². The van der Waals surface area contributed by atoms with Crippen LogP contribution in [0.2, 0.25) is 0 Å². The maximum Gasteiger partial charge on any atom is 6.00 e. The van der Waals surface area contributed by atoms with Crippen LogP contribution in [-0.2, 0) is 40.3 Å². The summed E-state index contributed by atoms with van der Waals surface area (Å²) >= 11 is 4.64. The quantitative estimate of drug-likeness (QED) is 0.189. The van der Waals surface area contributed by atoms with E-state index in [4.69, 9.17) is 0 Å². The van der Waals surface area contributed by atoms with Gasteiger partial charge >= 0.3 is 31.1 Å². The number of alkyl halides is 1. The number of rotatable bonds is 6. The van der Waals surface area contributed by atoms with Gasteiger partial charge in [0.2, 0.25) is 0 Å². The molecule has 15 nitrogen and oxygen atoms in total. The third-order valence-corrected chi connectivity index (χ3v) is 4.50. The monoisotopic (exact) mass is 720 g/mol. The van der Waals surface area contributed by atoms with Gasteiger partial charge in [0.05, 0.1) is 0 Å². The minimum Gasteiger partial charge on any atom is -0.781 e. The number of hydrogen-bond acceptors (Lipinski definition) is 15. The third-order valence-electron chi connectivity index (χ3n) is 0.500. The van der Waals surface area contributed by atoms with Crippen molar-refractivity contribution >= 4 is 61.1 Å². The Bertz CT molecular complexity index is 326. The molecule has 24 heavy (non-hydrogen) atoms. The second-order valence-corrected chi connectivity index (χ2v) is 7.26. The van der Waals surface area contributed by atoms with Crippen LogP contribution in [0.3, 0.4) is 0 Å². The van der Waals surface area contributed by atoms with Gasteiger partial charge in [-0.3, -0.25) is 12.9 Å². The van der Waals surface area contributed by atoms with Crippen LogP contribution >= 0.6 is 61.1 Å². The summed E-state index contributed by atoms with van der Waals surface area (Å²) < 4.78 is 65.4. The van der Waals surface area contributed by atoms with Crippen molar-refractivity contribution in [2.75, 3.05) is 6.38 Å². The molecule has 0 aromatic heterocycles. The van der Waals surface area contributed by atoms with Gasteiger partial charge < -0.3 is 56.8 Å². The largest absolute Gasteiger partial charge is 6.00 e. The van der Waals surface area contributed by atoms with E-state index in [-0.39, 0.29) is 31.1 Å². The van der Waals surface area contributed by atoms with Crippen LogP contribution in [0.15, 0.2) is 0 Å². The van der Waals surface area contributed by atoms with E-state index in [1.54, 1.807) is 0 Å². The zero-order valence-electron chi connectivity index (χ0n) is 11.0. The Balaban J connectivity index is -0.0000000699. The van der Waals surface area contributed by atoms with Gasteiger partial charge in [-0.15, -0.1) is 11.6 Å². The molecular formula is CH9ClO15P6U. The fourth-order valence-corrected chi connectivity index (χ4v) is 1.84. The molecule has 0 spiro atoms. The van der Waals surface area contributed by atoms with Crippen molar-refractivity contribution in [2.24, 2.45) is 0 Å². The second-order valence-electron chi connectivity index (χ2n) is 1.81. The van der Waals surface area contributed by atoms with Crippen molar-refractivity contribution in [3.63, 3.8) is 0 Å². The van der Waals surface area contributed by atoms with Gasteiger partial charge in [-0.05, 0) is 0 Å². The van der Waals surface area contributed by atoms with Crippen molar-refractivity contribution in [2.45, 2.75) is 0 Å². The van der Waals surface area contributed by atoms with E-state index in [1.165, 1.54) is 6.38 Å². The Labute approximate surface area is 167 Å². The Morgan fingerprint density at radius 1 is 0.500 bits per heavy atom. The van der Waals surface area contributed by atoms with Crippen molar-refractivity contribution in [3.8, 4) is 0 Å². The molecular weight excluding hydrogens is 711 g/mol. The fraction of sp³-hybridized carbons (Fsp3) is 1.00. The summed E-state index contributed by atoms with van der Waals surface area (Å²) in [5.74, 6) is 0. The zero-order valence-corrected chi connectivity index (χ0v) is 21.9. The molecule has 0 aliphatic carbocycles.